The molecule has 33 heavy (non-hydrogen) atoms. The number of hydrogen-bond donors (Lipinski definition) is 0. The molecule has 0 fully saturated rings. The van der Waals surface area contributed by atoms with Crippen LogP contribution >= 0.6 is 11.8 Å². The highest BCUT2D eigenvalue weighted by Gasteiger charge is 2.23. The van der Waals surface area contributed by atoms with E-state index in [9.17, 15) is 4.79 Å². The zero-order valence-corrected chi connectivity index (χ0v) is 21.9. The number of aryl methyl sites for hydroxylation is 1. The highest BCUT2D eigenvalue weighted by Crippen LogP contribution is 2.35. The van der Waals surface area contributed by atoms with Crippen molar-refractivity contribution in [2.24, 2.45) is 0 Å². The van der Waals surface area contributed by atoms with E-state index in [2.05, 4.69) is 75.1 Å². The molecule has 1 amide bonds. The van der Waals surface area contributed by atoms with E-state index >= 15 is 0 Å². The van der Waals surface area contributed by atoms with Crippen molar-refractivity contribution in [3.05, 3.63) is 77.0 Å². The van der Waals surface area contributed by atoms with Crippen molar-refractivity contribution in [2.75, 3.05) is 19.0 Å². The lowest BCUT2D eigenvalue weighted by Crippen LogP contribution is -2.36. The summed E-state index contributed by atoms with van der Waals surface area (Å²) in [6.45, 7) is 13.4. The monoisotopic (exact) mass is 464 g/mol. The second-order valence-electron chi connectivity index (χ2n) is 10.0. The maximum Gasteiger partial charge on any atom is 0.290 e. The molecule has 0 unspecified atom stereocenters. The topological polar surface area (TPSA) is 36.7 Å². The molecule has 0 saturated heterocycles. The molecule has 1 aromatic heterocycles. The maximum absolute atomic E-state index is 13.3. The highest BCUT2D eigenvalue weighted by atomic mass is 32.2. The summed E-state index contributed by atoms with van der Waals surface area (Å²) in [7, 11) is 4.04. The molecule has 0 saturated carbocycles. The number of nitrogens with zero attached hydrogens (tertiary/aromatic N) is 2. The first-order valence-electron chi connectivity index (χ1n) is 11.4. The van der Waals surface area contributed by atoms with Gasteiger partial charge in [-0.3, -0.25) is 4.79 Å². The van der Waals surface area contributed by atoms with Crippen LogP contribution in [0.2, 0.25) is 0 Å². The van der Waals surface area contributed by atoms with Crippen molar-refractivity contribution < 1.29 is 9.21 Å². The van der Waals surface area contributed by atoms with Gasteiger partial charge in [-0.25, -0.2) is 0 Å². The number of benzene rings is 2. The normalized spacial score (nSPS) is 11.7. The van der Waals surface area contributed by atoms with E-state index in [-0.39, 0.29) is 17.4 Å². The smallest absolute Gasteiger partial charge is 0.290 e. The summed E-state index contributed by atoms with van der Waals surface area (Å²) in [4.78, 5) is 18.4. The third-order valence-corrected chi connectivity index (χ3v) is 6.83. The number of amides is 1. The summed E-state index contributed by atoms with van der Waals surface area (Å²) >= 11 is 1.57. The number of anilines is 1. The number of carbonyl (C=O) groups is 1. The van der Waals surface area contributed by atoms with E-state index in [0.29, 0.717) is 12.3 Å². The molecular weight excluding hydrogens is 428 g/mol. The standard InChI is InChI=1S/C28H36N2O2S/c1-19(2)30(18-21-10-13-23(14-11-21)29(7)8)27(31)24-15-16-26(32-24)33-25-17-22(28(4,5)6)12-9-20(25)3/h9-17,19H,18H2,1-8H3. The Hall–Kier alpha value is -2.66. The lowest BCUT2D eigenvalue weighted by molar-refractivity contribution is 0.0652. The van der Waals surface area contributed by atoms with Crippen LogP contribution in [0, 0.1) is 6.92 Å². The van der Waals surface area contributed by atoms with Gasteiger partial charge in [0.25, 0.3) is 5.91 Å². The van der Waals surface area contributed by atoms with Crippen LogP contribution in [0.5, 0.6) is 0 Å². The van der Waals surface area contributed by atoms with Crippen LogP contribution in [0.4, 0.5) is 5.69 Å². The Balaban J connectivity index is 1.77. The lowest BCUT2D eigenvalue weighted by atomic mass is 9.87. The number of rotatable bonds is 7. The van der Waals surface area contributed by atoms with E-state index in [1.807, 2.05) is 38.9 Å². The van der Waals surface area contributed by atoms with Gasteiger partial charge in [0.15, 0.2) is 10.9 Å². The molecule has 176 valence electrons. The molecule has 0 aliphatic rings. The van der Waals surface area contributed by atoms with Gasteiger partial charge in [0, 0.05) is 37.3 Å². The molecule has 0 radical (unpaired) electrons. The van der Waals surface area contributed by atoms with Gasteiger partial charge in [-0.1, -0.05) is 56.8 Å². The van der Waals surface area contributed by atoms with E-state index in [4.69, 9.17) is 4.42 Å². The lowest BCUT2D eigenvalue weighted by Gasteiger charge is -2.26. The Kier molecular flexibility index (Phi) is 7.63. The van der Waals surface area contributed by atoms with Crippen molar-refractivity contribution >= 4 is 23.4 Å². The van der Waals surface area contributed by atoms with Gasteiger partial charge in [-0.15, -0.1) is 0 Å². The summed E-state index contributed by atoms with van der Waals surface area (Å²) in [6.07, 6.45) is 0. The van der Waals surface area contributed by atoms with Gasteiger partial charge >= 0.3 is 0 Å². The first kappa shape index (κ1) is 25.0. The Morgan fingerprint density at radius 3 is 2.24 bits per heavy atom. The van der Waals surface area contributed by atoms with Crippen LogP contribution in [0.1, 0.15) is 61.9 Å². The molecule has 3 rings (SSSR count). The maximum atomic E-state index is 13.3. The molecular formula is C28H36N2O2S. The minimum atomic E-state index is -0.0892. The quantitative estimate of drug-likeness (QED) is 0.372. The molecule has 0 aliphatic carbocycles. The van der Waals surface area contributed by atoms with Crippen LogP contribution in [0.3, 0.4) is 0 Å². The second-order valence-corrected chi connectivity index (χ2v) is 11.1. The number of carbonyl (C=O) groups excluding carboxylic acids is 1. The van der Waals surface area contributed by atoms with Gasteiger partial charge in [0.05, 0.1) is 0 Å². The second kappa shape index (κ2) is 10.1. The molecule has 1 heterocycles. The van der Waals surface area contributed by atoms with Crippen LogP contribution in [0.25, 0.3) is 0 Å². The predicted octanol–water partition coefficient (Wildman–Crippen LogP) is 7.15. The van der Waals surface area contributed by atoms with E-state index in [1.165, 1.54) is 11.1 Å². The molecule has 5 heteroatoms. The van der Waals surface area contributed by atoms with Gasteiger partial charge in [0.2, 0.25) is 0 Å². The zero-order chi connectivity index (χ0) is 24.3. The summed E-state index contributed by atoms with van der Waals surface area (Å²) in [5.74, 6) is 0.287. The molecule has 3 aromatic rings. The largest absolute Gasteiger partial charge is 0.444 e. The van der Waals surface area contributed by atoms with Crippen molar-refractivity contribution in [1.29, 1.82) is 0 Å². The first-order chi connectivity index (χ1) is 15.5. The van der Waals surface area contributed by atoms with Crippen LogP contribution in [0.15, 0.2) is 69.0 Å². The number of furan rings is 1. The Morgan fingerprint density at radius 2 is 1.67 bits per heavy atom. The van der Waals surface area contributed by atoms with Crippen LogP contribution < -0.4 is 4.90 Å². The predicted molar refractivity (Wildman–Crippen MR) is 138 cm³/mol. The van der Waals surface area contributed by atoms with Crippen molar-refractivity contribution in [3.63, 3.8) is 0 Å². The molecule has 0 aliphatic heterocycles. The third-order valence-electron chi connectivity index (χ3n) is 5.75. The van der Waals surface area contributed by atoms with Gasteiger partial charge in [0.1, 0.15) is 0 Å². The van der Waals surface area contributed by atoms with E-state index in [0.717, 1.165) is 21.2 Å². The minimum Gasteiger partial charge on any atom is -0.444 e. The van der Waals surface area contributed by atoms with Gasteiger partial charge in [-0.2, -0.15) is 0 Å². The molecule has 2 aromatic carbocycles. The fourth-order valence-corrected chi connectivity index (χ4v) is 4.40. The fourth-order valence-electron chi connectivity index (χ4n) is 3.50. The highest BCUT2D eigenvalue weighted by molar-refractivity contribution is 7.99. The first-order valence-corrected chi connectivity index (χ1v) is 12.2. The van der Waals surface area contributed by atoms with Crippen molar-refractivity contribution in [2.45, 2.75) is 69.5 Å². The zero-order valence-electron chi connectivity index (χ0n) is 21.1. The summed E-state index contributed by atoms with van der Waals surface area (Å²) in [6, 6.07) is 18.6. The average molecular weight is 465 g/mol. The van der Waals surface area contributed by atoms with Crippen molar-refractivity contribution in [3.8, 4) is 0 Å². The van der Waals surface area contributed by atoms with Gasteiger partial charge < -0.3 is 14.2 Å². The molecule has 0 N–H and O–H groups in total. The summed E-state index contributed by atoms with van der Waals surface area (Å²) < 4.78 is 6.01. The molecule has 0 bridgehead atoms. The molecule has 4 nitrogen and oxygen atoms in total. The third kappa shape index (κ3) is 6.23. The van der Waals surface area contributed by atoms with Crippen LogP contribution in [-0.2, 0) is 12.0 Å². The summed E-state index contributed by atoms with van der Waals surface area (Å²) in [5.41, 5.74) is 4.79. The van der Waals surface area contributed by atoms with Gasteiger partial charge in [-0.05, 0) is 73.2 Å². The van der Waals surface area contributed by atoms with Crippen LogP contribution in [-0.4, -0.2) is 30.9 Å². The Bertz CT molecular complexity index is 1090. The minimum absolute atomic E-state index is 0.0536. The molecule has 0 atom stereocenters. The Labute approximate surface area is 203 Å². The SMILES string of the molecule is Cc1ccc(C(C)(C)C)cc1Sc1ccc(C(=O)N(Cc2ccc(N(C)C)cc2)C(C)C)o1. The average Bonchev–Trinajstić information content (AvgIpc) is 3.21. The Morgan fingerprint density at radius 1 is 1.00 bits per heavy atom. The van der Waals surface area contributed by atoms with E-state index < -0.39 is 0 Å². The fraction of sp³-hybridized carbons (Fsp3) is 0.393. The van der Waals surface area contributed by atoms with E-state index in [1.54, 1.807) is 17.8 Å². The number of hydrogen-bond acceptors (Lipinski definition) is 4. The van der Waals surface area contributed by atoms with Crippen molar-refractivity contribution in [1.82, 2.24) is 4.90 Å². The molecule has 0 spiro atoms. The summed E-state index contributed by atoms with van der Waals surface area (Å²) in [5, 5.41) is 0.728.